The second-order valence-electron chi connectivity index (χ2n) is 8.12. The molecule has 34 heavy (non-hydrogen) atoms. The molecule has 3 aromatic heterocycles. The summed E-state index contributed by atoms with van der Waals surface area (Å²) in [5, 5.41) is 0. The lowest BCUT2D eigenvalue weighted by molar-refractivity contribution is 0.0746. The van der Waals surface area contributed by atoms with Crippen molar-refractivity contribution in [1.82, 2.24) is 24.3 Å². The molecule has 0 unspecified atom stereocenters. The molecule has 1 fully saturated rings. The fraction of sp³-hybridized carbons (Fsp3) is 0.200. The summed E-state index contributed by atoms with van der Waals surface area (Å²) in [5.74, 6) is 1.59. The summed E-state index contributed by atoms with van der Waals surface area (Å²) in [6, 6.07) is 15.6. The minimum atomic E-state index is 0.0560. The Morgan fingerprint density at radius 1 is 1.00 bits per heavy atom. The van der Waals surface area contributed by atoms with Crippen LogP contribution in [0.1, 0.15) is 10.4 Å². The molecule has 4 heterocycles. The Balaban J connectivity index is 1.21. The number of anilines is 1. The summed E-state index contributed by atoms with van der Waals surface area (Å²) < 4.78 is 8.38. The number of imidazole rings is 1. The highest BCUT2D eigenvalue weighted by Gasteiger charge is 2.24. The van der Waals surface area contributed by atoms with E-state index in [1.54, 1.807) is 36.9 Å². The Labute approximate surface area is 200 Å². The third-order valence-corrected chi connectivity index (χ3v) is 7.15. The van der Waals surface area contributed by atoms with Gasteiger partial charge in [-0.1, -0.05) is 11.3 Å². The van der Waals surface area contributed by atoms with Crippen LogP contribution in [0.3, 0.4) is 0 Å². The lowest BCUT2D eigenvalue weighted by atomic mass is 10.1. The molecule has 1 aliphatic rings. The van der Waals surface area contributed by atoms with E-state index in [0.717, 1.165) is 45.3 Å². The van der Waals surface area contributed by atoms with Gasteiger partial charge in [-0.25, -0.2) is 15.0 Å². The number of fused-ring (bicyclic) bond motifs is 3. The Hall–Kier alpha value is -3.98. The maximum atomic E-state index is 13.2. The summed E-state index contributed by atoms with van der Waals surface area (Å²) >= 11 is 1.59. The number of rotatable bonds is 4. The van der Waals surface area contributed by atoms with Crippen molar-refractivity contribution < 1.29 is 9.53 Å². The molecule has 6 rings (SSSR count). The van der Waals surface area contributed by atoms with Crippen LogP contribution >= 0.6 is 11.3 Å². The van der Waals surface area contributed by atoms with Crippen LogP contribution in [0.4, 0.5) is 5.95 Å². The summed E-state index contributed by atoms with van der Waals surface area (Å²) in [7, 11) is 1.66. The lowest BCUT2D eigenvalue weighted by Crippen LogP contribution is -2.49. The number of carbonyl (C=O) groups excluding carboxylic acids is 1. The van der Waals surface area contributed by atoms with Crippen molar-refractivity contribution in [3.8, 4) is 17.0 Å². The predicted octanol–water partition coefficient (Wildman–Crippen LogP) is 3.98. The standard InChI is InChI=1S/C25H22N6O2S/c1-33-19-6-3-17(4-7-19)20-16-31-21-8-5-18(15-22(21)34-25(31)28-20)23(32)29-11-13-30(14-12-29)24-26-9-2-10-27-24/h2-10,15-16H,11-14H2,1H3. The summed E-state index contributed by atoms with van der Waals surface area (Å²) in [6.45, 7) is 2.74. The first kappa shape index (κ1) is 20.6. The Morgan fingerprint density at radius 3 is 2.50 bits per heavy atom. The maximum absolute atomic E-state index is 13.2. The van der Waals surface area contributed by atoms with Crippen LogP contribution in [0.15, 0.2) is 67.1 Å². The van der Waals surface area contributed by atoms with E-state index >= 15 is 0 Å². The zero-order chi connectivity index (χ0) is 23.1. The molecule has 1 amide bonds. The molecule has 0 atom stereocenters. The van der Waals surface area contributed by atoms with E-state index in [0.29, 0.717) is 24.6 Å². The minimum Gasteiger partial charge on any atom is -0.497 e. The molecule has 0 N–H and O–H groups in total. The lowest BCUT2D eigenvalue weighted by Gasteiger charge is -2.34. The molecule has 8 nitrogen and oxygen atoms in total. The molecule has 0 saturated carbocycles. The second kappa shape index (κ2) is 8.42. The van der Waals surface area contributed by atoms with Crippen molar-refractivity contribution in [1.29, 1.82) is 0 Å². The van der Waals surface area contributed by atoms with Crippen molar-refractivity contribution >= 4 is 38.4 Å². The van der Waals surface area contributed by atoms with E-state index in [1.807, 2.05) is 53.6 Å². The molecule has 0 radical (unpaired) electrons. The van der Waals surface area contributed by atoms with E-state index in [1.165, 1.54) is 0 Å². The monoisotopic (exact) mass is 470 g/mol. The van der Waals surface area contributed by atoms with Crippen LogP contribution in [0.5, 0.6) is 5.75 Å². The van der Waals surface area contributed by atoms with Crippen molar-refractivity contribution in [3.05, 3.63) is 72.7 Å². The third kappa shape index (κ3) is 3.63. The Morgan fingerprint density at radius 2 is 1.76 bits per heavy atom. The SMILES string of the molecule is COc1ccc(-c2cn3c(n2)sc2cc(C(=O)N4CCN(c5ncccn5)CC4)ccc23)cc1. The van der Waals surface area contributed by atoms with Crippen LogP contribution in [0.2, 0.25) is 0 Å². The molecular formula is C25H22N6O2S. The van der Waals surface area contributed by atoms with Crippen LogP contribution in [-0.4, -0.2) is 63.4 Å². The number of ether oxygens (including phenoxy) is 1. The smallest absolute Gasteiger partial charge is 0.254 e. The third-order valence-electron chi connectivity index (χ3n) is 6.13. The van der Waals surface area contributed by atoms with Crippen molar-refractivity contribution in [2.24, 2.45) is 0 Å². The fourth-order valence-electron chi connectivity index (χ4n) is 4.28. The van der Waals surface area contributed by atoms with Gasteiger partial charge in [0.25, 0.3) is 5.91 Å². The largest absolute Gasteiger partial charge is 0.497 e. The van der Waals surface area contributed by atoms with Crippen LogP contribution in [0.25, 0.3) is 26.4 Å². The number of methoxy groups -OCH3 is 1. The number of carbonyl (C=O) groups is 1. The number of aromatic nitrogens is 4. The number of piperazine rings is 1. The zero-order valence-corrected chi connectivity index (χ0v) is 19.4. The van der Waals surface area contributed by atoms with Gasteiger partial charge in [-0.2, -0.15) is 0 Å². The molecule has 2 aromatic carbocycles. The molecule has 1 saturated heterocycles. The average Bonchev–Trinajstić information content (AvgIpc) is 3.47. The molecule has 0 aliphatic carbocycles. The van der Waals surface area contributed by atoms with Crippen molar-refractivity contribution in [3.63, 3.8) is 0 Å². The number of thiazole rings is 1. The molecule has 5 aromatic rings. The second-order valence-corrected chi connectivity index (χ2v) is 9.13. The van der Waals surface area contributed by atoms with Crippen molar-refractivity contribution in [2.75, 3.05) is 38.2 Å². The fourth-order valence-corrected chi connectivity index (χ4v) is 5.33. The number of hydrogen-bond acceptors (Lipinski definition) is 7. The van der Waals surface area contributed by atoms with E-state index in [-0.39, 0.29) is 5.91 Å². The highest BCUT2D eigenvalue weighted by molar-refractivity contribution is 7.23. The highest BCUT2D eigenvalue weighted by atomic mass is 32.1. The summed E-state index contributed by atoms with van der Waals surface area (Å²) in [4.78, 5) is 31.5. The first-order valence-corrected chi connectivity index (χ1v) is 11.9. The normalized spacial score (nSPS) is 14.1. The predicted molar refractivity (Wildman–Crippen MR) is 133 cm³/mol. The molecule has 170 valence electrons. The first-order valence-electron chi connectivity index (χ1n) is 11.1. The summed E-state index contributed by atoms with van der Waals surface area (Å²) in [5.41, 5.74) is 3.71. The minimum absolute atomic E-state index is 0.0560. The van der Waals surface area contributed by atoms with Gasteiger partial charge in [-0.3, -0.25) is 9.20 Å². The highest BCUT2D eigenvalue weighted by Crippen LogP contribution is 2.31. The van der Waals surface area contributed by atoms with Gasteiger partial charge in [0.05, 0.1) is 23.0 Å². The maximum Gasteiger partial charge on any atom is 0.254 e. The molecule has 1 aliphatic heterocycles. The first-order chi connectivity index (χ1) is 16.7. The van der Waals surface area contributed by atoms with Gasteiger partial charge in [0.15, 0.2) is 4.96 Å². The van der Waals surface area contributed by atoms with Crippen LogP contribution in [0, 0.1) is 0 Å². The average molecular weight is 471 g/mol. The van der Waals surface area contributed by atoms with E-state index in [2.05, 4.69) is 19.3 Å². The number of benzene rings is 2. The zero-order valence-electron chi connectivity index (χ0n) is 18.6. The van der Waals surface area contributed by atoms with Gasteiger partial charge in [-0.15, -0.1) is 0 Å². The number of hydrogen-bond donors (Lipinski definition) is 0. The number of amides is 1. The number of nitrogens with zero attached hydrogens (tertiary/aromatic N) is 6. The van der Waals surface area contributed by atoms with E-state index in [4.69, 9.17) is 9.72 Å². The van der Waals surface area contributed by atoms with Gasteiger partial charge in [-0.05, 0) is 48.5 Å². The topological polar surface area (TPSA) is 75.9 Å². The van der Waals surface area contributed by atoms with Gasteiger partial charge >= 0.3 is 0 Å². The molecule has 0 bridgehead atoms. The van der Waals surface area contributed by atoms with E-state index < -0.39 is 0 Å². The van der Waals surface area contributed by atoms with Gasteiger partial charge < -0.3 is 14.5 Å². The van der Waals surface area contributed by atoms with Crippen molar-refractivity contribution in [2.45, 2.75) is 0 Å². The van der Waals surface area contributed by atoms with E-state index in [9.17, 15) is 4.79 Å². The molecule has 9 heteroatoms. The summed E-state index contributed by atoms with van der Waals surface area (Å²) in [6.07, 6.45) is 5.53. The Kier molecular flexibility index (Phi) is 5.10. The van der Waals surface area contributed by atoms with Crippen LogP contribution in [-0.2, 0) is 0 Å². The quantitative estimate of drug-likeness (QED) is 0.396. The Bertz CT molecular complexity index is 1470. The van der Waals surface area contributed by atoms with Gasteiger partial charge in [0.1, 0.15) is 5.75 Å². The molecule has 0 spiro atoms. The molecular weight excluding hydrogens is 448 g/mol. The van der Waals surface area contributed by atoms with Gasteiger partial charge in [0, 0.05) is 55.9 Å². The van der Waals surface area contributed by atoms with Gasteiger partial charge in [0.2, 0.25) is 5.95 Å². The van der Waals surface area contributed by atoms with Crippen LogP contribution < -0.4 is 9.64 Å².